The van der Waals surface area contributed by atoms with Gasteiger partial charge in [0.05, 0.1) is 21.3 Å². The molecule has 1 aromatic heterocycles. The number of rotatable bonds is 4. The zero-order valence-corrected chi connectivity index (χ0v) is 20.0. The van der Waals surface area contributed by atoms with Crippen molar-refractivity contribution >= 4 is 58.2 Å². The van der Waals surface area contributed by atoms with Crippen LogP contribution in [0.15, 0.2) is 51.9 Å². The maximum absolute atomic E-state index is 12.9. The molecule has 0 aliphatic carbocycles. The normalized spacial score (nSPS) is 15.2. The molecular formula is C23H16Cl3N4O3-. The summed E-state index contributed by atoms with van der Waals surface area (Å²) >= 11 is 18.3. The smallest absolute Gasteiger partial charge is 0.280 e. The number of amides is 1. The predicted octanol–water partition coefficient (Wildman–Crippen LogP) is 4.52. The lowest BCUT2D eigenvalue weighted by atomic mass is 10.0. The molecule has 7 nitrogen and oxygen atoms in total. The largest absolute Gasteiger partial charge is 0.860 e. The number of carbonyl (C=O) groups is 1. The fourth-order valence-electron chi connectivity index (χ4n) is 3.19. The molecule has 0 saturated carbocycles. The molecular weight excluding hydrogens is 487 g/mol. The number of hydrazone groups is 1. The topological polar surface area (TPSA) is 102 Å². The molecule has 0 unspecified atom stereocenters. The number of anilines is 1. The minimum atomic E-state index is -0.627. The first-order chi connectivity index (χ1) is 15.6. The Hall–Kier alpha value is -3.31. The van der Waals surface area contributed by atoms with Crippen LogP contribution in [0.3, 0.4) is 0 Å². The number of nitrogens with zero attached hydrogens (tertiary/aromatic N) is 4. The molecule has 1 amide bonds. The molecule has 0 radical (unpaired) electrons. The predicted molar refractivity (Wildman–Crippen MR) is 129 cm³/mol. The van der Waals surface area contributed by atoms with Gasteiger partial charge in [0.15, 0.2) is 0 Å². The lowest BCUT2D eigenvalue weighted by Crippen LogP contribution is -2.25. The molecule has 1 aliphatic heterocycles. The van der Waals surface area contributed by atoms with Crippen LogP contribution in [0, 0.1) is 18.3 Å². The van der Waals surface area contributed by atoms with E-state index in [1.165, 1.54) is 25.3 Å². The van der Waals surface area contributed by atoms with Crippen molar-refractivity contribution in [2.75, 3.05) is 5.01 Å². The van der Waals surface area contributed by atoms with Gasteiger partial charge >= 0.3 is 0 Å². The fraction of sp³-hybridized carbons (Fsp3) is 0.130. The van der Waals surface area contributed by atoms with Crippen LogP contribution in [-0.4, -0.2) is 16.2 Å². The molecule has 33 heavy (non-hydrogen) atoms. The van der Waals surface area contributed by atoms with Crippen LogP contribution in [0.2, 0.25) is 15.1 Å². The first-order valence-corrected chi connectivity index (χ1v) is 10.6. The minimum Gasteiger partial charge on any atom is -0.860 e. The number of nitriles is 1. The molecule has 0 N–H and O–H groups in total. The van der Waals surface area contributed by atoms with Crippen molar-refractivity contribution in [1.82, 2.24) is 4.57 Å². The first kappa shape index (κ1) is 24.3. The van der Waals surface area contributed by atoms with Crippen LogP contribution in [0.5, 0.6) is 5.88 Å². The third-order valence-electron chi connectivity index (χ3n) is 4.95. The van der Waals surface area contributed by atoms with E-state index < -0.39 is 17.3 Å². The Morgan fingerprint density at radius 1 is 1.09 bits per heavy atom. The average molecular weight is 503 g/mol. The van der Waals surface area contributed by atoms with Gasteiger partial charge in [-0.15, -0.1) is 0 Å². The summed E-state index contributed by atoms with van der Waals surface area (Å²) in [5.41, 5.74) is 0.874. The van der Waals surface area contributed by atoms with Crippen molar-refractivity contribution in [3.8, 4) is 11.9 Å². The number of benzene rings is 1. The third kappa shape index (κ3) is 4.60. The zero-order chi connectivity index (χ0) is 24.4. The van der Waals surface area contributed by atoms with E-state index in [0.717, 1.165) is 9.58 Å². The highest BCUT2D eigenvalue weighted by Gasteiger charge is 2.31. The highest BCUT2D eigenvalue weighted by molar-refractivity contribution is 6.43. The van der Waals surface area contributed by atoms with Crippen LogP contribution in [-0.2, 0) is 11.8 Å². The summed E-state index contributed by atoms with van der Waals surface area (Å²) in [6, 6.07) is 4.77. The van der Waals surface area contributed by atoms with E-state index >= 15 is 0 Å². The van der Waals surface area contributed by atoms with Crippen LogP contribution in [0.25, 0.3) is 6.08 Å². The van der Waals surface area contributed by atoms with E-state index in [0.29, 0.717) is 21.9 Å². The van der Waals surface area contributed by atoms with Crippen LogP contribution >= 0.6 is 34.8 Å². The quantitative estimate of drug-likeness (QED) is 0.453. The summed E-state index contributed by atoms with van der Waals surface area (Å²) in [7, 11) is 1.32. The number of pyridine rings is 1. The molecule has 1 aromatic carbocycles. The second-order valence-corrected chi connectivity index (χ2v) is 8.29. The monoisotopic (exact) mass is 501 g/mol. The molecule has 3 rings (SSSR count). The Bertz CT molecular complexity index is 1370. The van der Waals surface area contributed by atoms with Gasteiger partial charge in [-0.1, -0.05) is 59.1 Å². The summed E-state index contributed by atoms with van der Waals surface area (Å²) in [6.45, 7) is 3.22. The van der Waals surface area contributed by atoms with E-state index in [2.05, 4.69) is 5.10 Å². The van der Waals surface area contributed by atoms with Gasteiger partial charge in [0.1, 0.15) is 17.3 Å². The Morgan fingerprint density at radius 2 is 1.73 bits per heavy atom. The van der Waals surface area contributed by atoms with E-state index in [1.807, 2.05) is 6.07 Å². The summed E-state index contributed by atoms with van der Waals surface area (Å²) in [6.07, 6.45) is 7.85. The second-order valence-electron chi connectivity index (χ2n) is 7.04. The number of halogens is 3. The van der Waals surface area contributed by atoms with E-state index in [-0.39, 0.29) is 26.9 Å². The first-order valence-electron chi connectivity index (χ1n) is 9.48. The number of allylic oxidation sites excluding steroid dienone is 4. The van der Waals surface area contributed by atoms with Gasteiger partial charge < -0.3 is 9.67 Å². The standard InChI is InChI=1S/C23H17Cl3N4O3/c1-12-15(21(31)29(3)22(32)17(12)11-27)7-5-4-6-8-16-13(2)28-30(23(16)33)20-18(25)9-14(24)10-19(20)26/h4-10,31H,1-3H3/p-1/b6-4?,7-5?,16-8-. The summed E-state index contributed by atoms with van der Waals surface area (Å²) < 4.78 is 0.898. The van der Waals surface area contributed by atoms with Crippen molar-refractivity contribution in [2.45, 2.75) is 13.8 Å². The average Bonchev–Trinajstić information content (AvgIpc) is 3.01. The Balaban J connectivity index is 1.86. The van der Waals surface area contributed by atoms with Crippen LogP contribution in [0.4, 0.5) is 5.69 Å². The zero-order valence-electron chi connectivity index (χ0n) is 17.7. The number of aromatic nitrogens is 1. The van der Waals surface area contributed by atoms with Crippen molar-refractivity contribution in [3.05, 3.63) is 84.1 Å². The lowest BCUT2D eigenvalue weighted by molar-refractivity contribution is -0.279. The second kappa shape index (κ2) is 9.67. The number of hydrogen-bond donors (Lipinski definition) is 0. The van der Waals surface area contributed by atoms with E-state index in [9.17, 15) is 20.0 Å². The number of hydrogen-bond acceptors (Lipinski definition) is 5. The lowest BCUT2D eigenvalue weighted by Gasteiger charge is -2.18. The molecule has 10 heteroatoms. The van der Waals surface area contributed by atoms with Crippen molar-refractivity contribution in [3.63, 3.8) is 0 Å². The van der Waals surface area contributed by atoms with Crippen LogP contribution in [0.1, 0.15) is 23.6 Å². The van der Waals surface area contributed by atoms with Gasteiger partial charge in [-0.3, -0.25) is 9.59 Å². The molecule has 0 spiro atoms. The SMILES string of the molecule is CC1=NN(c2c(Cl)cc(Cl)cc2Cl)C(=O)/C1=C\C=CC=Cc1c(C)c(C#N)c(=O)n(C)c1[O-]. The highest BCUT2D eigenvalue weighted by atomic mass is 35.5. The molecule has 0 atom stereocenters. The molecule has 0 fully saturated rings. The minimum absolute atomic E-state index is 0.0779. The summed E-state index contributed by atoms with van der Waals surface area (Å²) in [5.74, 6) is -0.914. The van der Waals surface area contributed by atoms with Crippen molar-refractivity contribution in [2.24, 2.45) is 12.1 Å². The van der Waals surface area contributed by atoms with E-state index in [1.54, 1.807) is 38.2 Å². The van der Waals surface area contributed by atoms with Gasteiger partial charge in [-0.2, -0.15) is 15.4 Å². The molecule has 2 aromatic rings. The maximum atomic E-state index is 12.9. The van der Waals surface area contributed by atoms with Crippen LogP contribution < -0.4 is 15.7 Å². The van der Waals surface area contributed by atoms with E-state index in [4.69, 9.17) is 34.8 Å². The summed E-state index contributed by atoms with van der Waals surface area (Å²) in [4.78, 5) is 24.8. The Kier molecular flexibility index (Phi) is 7.13. The van der Waals surface area contributed by atoms with Gasteiger partial charge in [0, 0.05) is 12.1 Å². The van der Waals surface area contributed by atoms with Crippen molar-refractivity contribution < 1.29 is 9.90 Å². The van der Waals surface area contributed by atoms with Gasteiger partial charge in [-0.25, -0.2) is 0 Å². The highest BCUT2D eigenvalue weighted by Crippen LogP contribution is 2.39. The Labute approximate surface area is 204 Å². The molecule has 1 aliphatic rings. The molecule has 2 heterocycles. The molecule has 0 bridgehead atoms. The third-order valence-corrected chi connectivity index (χ3v) is 5.74. The molecule has 168 valence electrons. The maximum Gasteiger partial charge on any atom is 0.280 e. The van der Waals surface area contributed by atoms with Gasteiger partial charge in [0.25, 0.3) is 11.5 Å². The Morgan fingerprint density at radius 3 is 2.33 bits per heavy atom. The fourth-order valence-corrected chi connectivity index (χ4v) is 4.17. The molecule has 0 saturated heterocycles. The number of carbonyl (C=O) groups excluding carboxylic acids is 1. The van der Waals surface area contributed by atoms with Crippen molar-refractivity contribution in [1.29, 1.82) is 5.26 Å². The van der Waals surface area contributed by atoms with Gasteiger partial charge in [-0.05, 0) is 49.1 Å². The summed E-state index contributed by atoms with van der Waals surface area (Å²) in [5, 5.41) is 27.6. The van der Waals surface area contributed by atoms with Gasteiger partial charge in [0.2, 0.25) is 0 Å².